The number of carbonyl (C=O) groups is 1. The Morgan fingerprint density at radius 3 is 2.61 bits per heavy atom. The van der Waals surface area contributed by atoms with E-state index in [1.165, 1.54) is 16.9 Å². The fourth-order valence-corrected chi connectivity index (χ4v) is 4.77. The van der Waals surface area contributed by atoms with Crippen LogP contribution in [0.5, 0.6) is 5.75 Å². The molecule has 2 heterocycles. The Hall–Kier alpha value is -3.77. The molecule has 33 heavy (non-hydrogen) atoms. The van der Waals surface area contributed by atoms with Crippen molar-refractivity contribution in [2.75, 3.05) is 11.5 Å². The van der Waals surface area contributed by atoms with Crippen LogP contribution in [-0.2, 0) is 11.3 Å². The Labute approximate surface area is 196 Å². The molecule has 0 spiro atoms. The Morgan fingerprint density at radius 2 is 1.79 bits per heavy atom. The van der Waals surface area contributed by atoms with Crippen molar-refractivity contribution in [3.05, 3.63) is 95.8 Å². The van der Waals surface area contributed by atoms with Crippen molar-refractivity contribution in [1.29, 1.82) is 0 Å². The quantitative estimate of drug-likeness (QED) is 0.313. The van der Waals surface area contributed by atoms with E-state index in [0.717, 1.165) is 32.2 Å². The first-order valence-corrected chi connectivity index (χ1v) is 11.6. The van der Waals surface area contributed by atoms with Gasteiger partial charge in [-0.25, -0.2) is 4.98 Å². The van der Waals surface area contributed by atoms with Gasteiger partial charge in [0, 0.05) is 6.20 Å². The Bertz CT molecular complexity index is 1450. The molecular weight excluding hydrogens is 430 g/mol. The van der Waals surface area contributed by atoms with Crippen LogP contribution in [0.1, 0.15) is 16.8 Å². The average Bonchev–Trinajstić information content (AvgIpc) is 3.28. The van der Waals surface area contributed by atoms with Crippen LogP contribution in [0, 0.1) is 13.8 Å². The van der Waals surface area contributed by atoms with E-state index >= 15 is 0 Å². The number of anilines is 1. The molecule has 0 bridgehead atoms. The third-order valence-corrected chi connectivity index (χ3v) is 6.78. The smallest absolute Gasteiger partial charge is 0.267 e. The molecule has 0 aliphatic heterocycles. The number of hydrogen-bond donors (Lipinski definition) is 0. The number of rotatable bonds is 6. The first-order chi connectivity index (χ1) is 16.1. The highest BCUT2D eigenvalue weighted by molar-refractivity contribution is 7.22. The molecule has 0 aliphatic carbocycles. The minimum Gasteiger partial charge on any atom is -0.484 e. The van der Waals surface area contributed by atoms with Crippen LogP contribution < -0.4 is 9.64 Å². The number of carbonyl (C=O) groups excluding carboxylic acids is 1. The summed E-state index contributed by atoms with van der Waals surface area (Å²) in [5.41, 5.74) is 4.04. The average molecular weight is 454 g/mol. The summed E-state index contributed by atoms with van der Waals surface area (Å²) in [6.45, 7) is 4.38. The summed E-state index contributed by atoms with van der Waals surface area (Å²) in [6.07, 6.45) is 1.73. The number of pyridine rings is 1. The first-order valence-electron chi connectivity index (χ1n) is 10.8. The van der Waals surface area contributed by atoms with Gasteiger partial charge in [0.2, 0.25) is 0 Å². The van der Waals surface area contributed by atoms with Crippen molar-refractivity contribution in [3.8, 4) is 5.75 Å². The minimum atomic E-state index is -0.165. The van der Waals surface area contributed by atoms with Crippen LogP contribution in [0.15, 0.2) is 79.0 Å². The molecule has 5 aromatic rings. The second-order valence-electron chi connectivity index (χ2n) is 7.95. The summed E-state index contributed by atoms with van der Waals surface area (Å²) >= 11 is 1.51. The molecule has 1 amide bonds. The first kappa shape index (κ1) is 21.1. The molecule has 0 saturated heterocycles. The number of thiazole rings is 1. The maximum Gasteiger partial charge on any atom is 0.267 e. The topological polar surface area (TPSA) is 55.3 Å². The van der Waals surface area contributed by atoms with Gasteiger partial charge in [0.1, 0.15) is 5.75 Å². The van der Waals surface area contributed by atoms with E-state index in [2.05, 4.69) is 37.0 Å². The number of aromatic nitrogens is 2. The van der Waals surface area contributed by atoms with E-state index in [0.29, 0.717) is 17.4 Å². The lowest BCUT2D eigenvalue weighted by molar-refractivity contribution is -0.120. The fraction of sp³-hybridized carbons (Fsp3) is 0.148. The van der Waals surface area contributed by atoms with Crippen LogP contribution in [0.2, 0.25) is 0 Å². The highest BCUT2D eigenvalue weighted by Crippen LogP contribution is 2.32. The van der Waals surface area contributed by atoms with E-state index in [1.807, 2.05) is 54.6 Å². The van der Waals surface area contributed by atoms with Crippen LogP contribution >= 0.6 is 11.3 Å². The highest BCUT2D eigenvalue weighted by Gasteiger charge is 2.22. The zero-order chi connectivity index (χ0) is 22.8. The highest BCUT2D eigenvalue weighted by atomic mass is 32.1. The molecule has 0 aliphatic rings. The van der Waals surface area contributed by atoms with Gasteiger partial charge in [-0.3, -0.25) is 14.7 Å². The van der Waals surface area contributed by atoms with Crippen molar-refractivity contribution in [2.45, 2.75) is 20.4 Å². The van der Waals surface area contributed by atoms with Crippen LogP contribution in [0.4, 0.5) is 5.13 Å². The molecule has 0 saturated carbocycles. The second kappa shape index (κ2) is 9.00. The predicted molar refractivity (Wildman–Crippen MR) is 134 cm³/mol. The standard InChI is InChI=1S/C27H23N3O2S/c1-18-10-13-24-26(19(18)2)29-27(33-24)30(16-22-9-5-6-14-28-22)25(31)17-32-23-12-11-20-7-3-4-8-21(20)15-23/h3-15H,16-17H2,1-2H3. The van der Waals surface area contributed by atoms with Gasteiger partial charge >= 0.3 is 0 Å². The van der Waals surface area contributed by atoms with Gasteiger partial charge in [0.05, 0.1) is 22.5 Å². The van der Waals surface area contributed by atoms with Crippen molar-refractivity contribution in [1.82, 2.24) is 9.97 Å². The predicted octanol–water partition coefficient (Wildman–Crippen LogP) is 6.07. The molecule has 5 rings (SSSR count). The summed E-state index contributed by atoms with van der Waals surface area (Å²) in [5, 5.41) is 2.86. The normalized spacial score (nSPS) is 11.1. The van der Waals surface area contributed by atoms with Gasteiger partial charge in [-0.2, -0.15) is 0 Å². The number of benzene rings is 3. The van der Waals surface area contributed by atoms with E-state index in [-0.39, 0.29) is 12.5 Å². The number of ether oxygens (including phenoxy) is 1. The van der Waals surface area contributed by atoms with E-state index < -0.39 is 0 Å². The molecule has 3 aromatic carbocycles. The Balaban J connectivity index is 1.43. The van der Waals surface area contributed by atoms with Gasteiger partial charge in [-0.15, -0.1) is 0 Å². The third kappa shape index (κ3) is 4.43. The summed E-state index contributed by atoms with van der Waals surface area (Å²) < 4.78 is 6.96. The molecule has 5 nitrogen and oxygen atoms in total. The largest absolute Gasteiger partial charge is 0.484 e. The number of amides is 1. The Kier molecular flexibility index (Phi) is 5.75. The Morgan fingerprint density at radius 1 is 0.970 bits per heavy atom. The maximum absolute atomic E-state index is 13.4. The van der Waals surface area contributed by atoms with Gasteiger partial charge in [0.15, 0.2) is 11.7 Å². The van der Waals surface area contributed by atoms with Crippen LogP contribution in [-0.4, -0.2) is 22.5 Å². The SMILES string of the molecule is Cc1ccc2sc(N(Cc3ccccn3)C(=O)COc3ccc4ccccc4c3)nc2c1C. The lowest BCUT2D eigenvalue weighted by atomic mass is 10.1. The van der Waals surface area contributed by atoms with E-state index in [4.69, 9.17) is 9.72 Å². The molecule has 0 radical (unpaired) electrons. The maximum atomic E-state index is 13.4. The molecule has 164 valence electrons. The van der Waals surface area contributed by atoms with Crippen molar-refractivity contribution < 1.29 is 9.53 Å². The van der Waals surface area contributed by atoms with Crippen molar-refractivity contribution in [2.24, 2.45) is 0 Å². The number of hydrogen-bond acceptors (Lipinski definition) is 5. The molecule has 0 fully saturated rings. The fourth-order valence-electron chi connectivity index (χ4n) is 3.73. The third-order valence-electron chi connectivity index (χ3n) is 5.73. The lowest BCUT2D eigenvalue weighted by Gasteiger charge is -2.20. The lowest BCUT2D eigenvalue weighted by Crippen LogP contribution is -2.34. The summed E-state index contributed by atoms with van der Waals surface area (Å²) in [4.78, 5) is 24.3. The molecule has 0 atom stereocenters. The molecule has 6 heteroatoms. The number of aryl methyl sites for hydroxylation is 2. The molecule has 0 unspecified atom stereocenters. The number of fused-ring (bicyclic) bond motifs is 2. The van der Waals surface area contributed by atoms with Gasteiger partial charge < -0.3 is 4.74 Å². The van der Waals surface area contributed by atoms with Gasteiger partial charge in [0.25, 0.3) is 5.91 Å². The summed E-state index contributed by atoms with van der Waals surface area (Å²) in [5.74, 6) is 0.498. The van der Waals surface area contributed by atoms with Crippen molar-refractivity contribution >= 4 is 43.4 Å². The summed E-state index contributed by atoms with van der Waals surface area (Å²) in [6, 6.07) is 23.8. The monoisotopic (exact) mass is 453 g/mol. The van der Waals surface area contributed by atoms with Gasteiger partial charge in [-0.1, -0.05) is 53.8 Å². The van der Waals surface area contributed by atoms with Crippen LogP contribution in [0.3, 0.4) is 0 Å². The molecule has 0 N–H and O–H groups in total. The van der Waals surface area contributed by atoms with E-state index in [1.54, 1.807) is 11.1 Å². The molecule has 2 aromatic heterocycles. The van der Waals surface area contributed by atoms with E-state index in [9.17, 15) is 4.79 Å². The second-order valence-corrected chi connectivity index (χ2v) is 8.96. The van der Waals surface area contributed by atoms with Crippen molar-refractivity contribution in [3.63, 3.8) is 0 Å². The van der Waals surface area contributed by atoms with Gasteiger partial charge in [-0.05, 0) is 66.1 Å². The van der Waals surface area contributed by atoms with Crippen LogP contribution in [0.25, 0.3) is 21.0 Å². The summed E-state index contributed by atoms with van der Waals surface area (Å²) in [7, 11) is 0. The zero-order valence-electron chi connectivity index (χ0n) is 18.5. The molecular formula is C27H23N3O2S. The zero-order valence-corrected chi connectivity index (χ0v) is 19.3. The minimum absolute atomic E-state index is 0.0842. The number of nitrogens with zero attached hydrogens (tertiary/aromatic N) is 3.